The first-order valence-electron chi connectivity index (χ1n) is 4.83. The molecule has 2 aromatic rings. The average molecular weight is 286 g/mol. The van der Waals surface area contributed by atoms with Crippen LogP contribution in [0.2, 0.25) is 10.0 Å². The van der Waals surface area contributed by atoms with Gasteiger partial charge in [0.2, 0.25) is 0 Å². The minimum Gasteiger partial charge on any atom is -0.476 e. The smallest absolute Gasteiger partial charge is 0.357 e. The van der Waals surface area contributed by atoms with Gasteiger partial charge in [-0.15, -0.1) is 0 Å². The number of pyridine rings is 1. The molecular weight excluding hydrogens is 280 g/mol. The molecule has 0 amide bonds. The summed E-state index contributed by atoms with van der Waals surface area (Å²) in [5.41, 5.74) is 0.178. The second-order valence-electron chi connectivity index (χ2n) is 3.49. The summed E-state index contributed by atoms with van der Waals surface area (Å²) in [4.78, 5) is 14.5. The molecule has 0 aliphatic carbocycles. The number of rotatable bonds is 2. The lowest BCUT2D eigenvalue weighted by molar-refractivity contribution is 0.0685. The molecule has 0 bridgehead atoms. The summed E-state index contributed by atoms with van der Waals surface area (Å²) in [6, 6.07) is 7.08. The maximum absolute atomic E-state index is 13.2. The maximum Gasteiger partial charge on any atom is 0.357 e. The molecule has 18 heavy (non-hydrogen) atoms. The van der Waals surface area contributed by atoms with Crippen molar-refractivity contribution in [2.75, 3.05) is 0 Å². The first-order valence-corrected chi connectivity index (χ1v) is 5.59. The molecule has 1 aromatic carbocycles. The Bertz CT molecular complexity index is 611. The van der Waals surface area contributed by atoms with Gasteiger partial charge in [-0.3, -0.25) is 0 Å². The van der Waals surface area contributed by atoms with Crippen molar-refractivity contribution in [1.82, 2.24) is 4.98 Å². The predicted molar refractivity (Wildman–Crippen MR) is 66.6 cm³/mol. The third-order valence-electron chi connectivity index (χ3n) is 2.21. The van der Waals surface area contributed by atoms with Crippen LogP contribution in [0, 0.1) is 5.82 Å². The van der Waals surface area contributed by atoms with Gasteiger partial charge < -0.3 is 5.11 Å². The molecule has 3 nitrogen and oxygen atoms in total. The van der Waals surface area contributed by atoms with Crippen molar-refractivity contribution in [2.45, 2.75) is 0 Å². The van der Waals surface area contributed by atoms with E-state index < -0.39 is 17.5 Å². The van der Waals surface area contributed by atoms with Crippen molar-refractivity contribution >= 4 is 29.2 Å². The first-order chi connectivity index (χ1) is 8.47. The van der Waals surface area contributed by atoms with Crippen LogP contribution in [-0.4, -0.2) is 16.1 Å². The maximum atomic E-state index is 13.2. The molecule has 1 heterocycles. The number of carboxylic acid groups (broad SMARTS) is 1. The number of carboxylic acids is 1. The highest BCUT2D eigenvalue weighted by atomic mass is 35.5. The van der Waals surface area contributed by atoms with Gasteiger partial charge in [-0.05, 0) is 30.3 Å². The summed E-state index contributed by atoms with van der Waals surface area (Å²) in [6.07, 6.45) is 0. The summed E-state index contributed by atoms with van der Waals surface area (Å²) >= 11 is 11.7. The van der Waals surface area contributed by atoms with E-state index in [0.717, 1.165) is 6.07 Å². The molecule has 0 fully saturated rings. The van der Waals surface area contributed by atoms with Crippen LogP contribution in [0.25, 0.3) is 11.3 Å². The van der Waals surface area contributed by atoms with Gasteiger partial charge in [0.05, 0.1) is 5.69 Å². The standard InChI is InChI=1S/C12H6Cl2FNO2/c13-7-3-6(4-8(14)5-7)10-2-1-9(15)11(16-10)12(17)18/h1-5H,(H,17,18). The van der Waals surface area contributed by atoms with Gasteiger partial charge in [0.1, 0.15) is 0 Å². The number of aromatic carboxylic acids is 1. The average Bonchev–Trinajstić information content (AvgIpc) is 2.27. The van der Waals surface area contributed by atoms with Crippen LogP contribution < -0.4 is 0 Å². The Balaban J connectivity index is 2.57. The molecule has 0 aliphatic rings. The molecule has 0 spiro atoms. The lowest BCUT2D eigenvalue weighted by atomic mass is 10.1. The van der Waals surface area contributed by atoms with E-state index >= 15 is 0 Å². The Labute approximate surface area is 112 Å². The van der Waals surface area contributed by atoms with Crippen LogP contribution in [0.3, 0.4) is 0 Å². The zero-order valence-electron chi connectivity index (χ0n) is 8.82. The van der Waals surface area contributed by atoms with Gasteiger partial charge in [0, 0.05) is 15.6 Å². The van der Waals surface area contributed by atoms with Gasteiger partial charge in [-0.1, -0.05) is 23.2 Å². The summed E-state index contributed by atoms with van der Waals surface area (Å²) in [6.45, 7) is 0. The fourth-order valence-electron chi connectivity index (χ4n) is 1.45. The summed E-state index contributed by atoms with van der Waals surface area (Å²) < 4.78 is 13.2. The predicted octanol–water partition coefficient (Wildman–Crippen LogP) is 3.89. The van der Waals surface area contributed by atoms with Gasteiger partial charge in [-0.2, -0.15) is 0 Å². The van der Waals surface area contributed by atoms with Crippen molar-refractivity contribution in [3.8, 4) is 11.3 Å². The molecule has 0 unspecified atom stereocenters. The van der Waals surface area contributed by atoms with Crippen molar-refractivity contribution in [1.29, 1.82) is 0 Å². The van der Waals surface area contributed by atoms with Crippen LogP contribution in [0.1, 0.15) is 10.5 Å². The minimum absolute atomic E-state index is 0.290. The minimum atomic E-state index is -1.43. The van der Waals surface area contributed by atoms with Crippen LogP contribution in [0.4, 0.5) is 4.39 Å². The summed E-state index contributed by atoms with van der Waals surface area (Å²) in [7, 11) is 0. The molecule has 0 saturated carbocycles. The largest absolute Gasteiger partial charge is 0.476 e. The van der Waals surface area contributed by atoms with Crippen molar-refractivity contribution in [3.05, 3.63) is 51.9 Å². The zero-order valence-corrected chi connectivity index (χ0v) is 10.3. The third-order valence-corrected chi connectivity index (χ3v) is 2.64. The molecular formula is C12H6Cl2FNO2. The summed E-state index contributed by atoms with van der Waals surface area (Å²) in [5.74, 6) is -2.32. The molecule has 1 aromatic heterocycles. The van der Waals surface area contributed by atoms with E-state index in [4.69, 9.17) is 28.3 Å². The van der Waals surface area contributed by atoms with Gasteiger partial charge in [0.15, 0.2) is 11.5 Å². The highest BCUT2D eigenvalue weighted by Crippen LogP contribution is 2.26. The van der Waals surface area contributed by atoms with E-state index in [1.165, 1.54) is 12.1 Å². The SMILES string of the molecule is O=C(O)c1nc(-c2cc(Cl)cc(Cl)c2)ccc1F. The Kier molecular flexibility index (Phi) is 3.50. The Morgan fingerprint density at radius 3 is 2.33 bits per heavy atom. The Morgan fingerprint density at radius 1 is 1.17 bits per heavy atom. The second kappa shape index (κ2) is 4.92. The first kappa shape index (κ1) is 12.8. The highest BCUT2D eigenvalue weighted by molar-refractivity contribution is 6.35. The topological polar surface area (TPSA) is 50.2 Å². The fourth-order valence-corrected chi connectivity index (χ4v) is 1.98. The number of halogens is 3. The van der Waals surface area contributed by atoms with Gasteiger partial charge in [0.25, 0.3) is 0 Å². The second-order valence-corrected chi connectivity index (χ2v) is 4.36. The van der Waals surface area contributed by atoms with E-state index in [9.17, 15) is 9.18 Å². The van der Waals surface area contributed by atoms with Gasteiger partial charge >= 0.3 is 5.97 Å². The monoisotopic (exact) mass is 285 g/mol. The molecule has 0 radical (unpaired) electrons. The number of nitrogens with zero attached hydrogens (tertiary/aromatic N) is 1. The quantitative estimate of drug-likeness (QED) is 0.911. The molecule has 1 N–H and O–H groups in total. The number of hydrogen-bond donors (Lipinski definition) is 1. The van der Waals surface area contributed by atoms with E-state index in [2.05, 4.69) is 4.98 Å². The Hall–Kier alpha value is -1.65. The fraction of sp³-hybridized carbons (Fsp3) is 0. The number of benzene rings is 1. The molecule has 0 aliphatic heterocycles. The van der Waals surface area contributed by atoms with Crippen LogP contribution >= 0.6 is 23.2 Å². The highest BCUT2D eigenvalue weighted by Gasteiger charge is 2.14. The molecule has 92 valence electrons. The van der Waals surface area contributed by atoms with Crippen LogP contribution in [0.15, 0.2) is 30.3 Å². The van der Waals surface area contributed by atoms with Gasteiger partial charge in [-0.25, -0.2) is 14.2 Å². The van der Waals surface area contributed by atoms with Crippen molar-refractivity contribution in [2.24, 2.45) is 0 Å². The normalized spacial score (nSPS) is 10.4. The molecule has 0 atom stereocenters. The number of carbonyl (C=O) groups is 1. The number of hydrogen-bond acceptors (Lipinski definition) is 2. The van der Waals surface area contributed by atoms with E-state index in [1.54, 1.807) is 12.1 Å². The van der Waals surface area contributed by atoms with E-state index in [0.29, 0.717) is 21.3 Å². The van der Waals surface area contributed by atoms with Crippen molar-refractivity contribution in [3.63, 3.8) is 0 Å². The van der Waals surface area contributed by atoms with E-state index in [-0.39, 0.29) is 0 Å². The third kappa shape index (κ3) is 2.60. The van der Waals surface area contributed by atoms with Crippen molar-refractivity contribution < 1.29 is 14.3 Å². The van der Waals surface area contributed by atoms with Crippen LogP contribution in [-0.2, 0) is 0 Å². The lowest BCUT2D eigenvalue weighted by Gasteiger charge is -2.04. The van der Waals surface area contributed by atoms with Crippen LogP contribution in [0.5, 0.6) is 0 Å². The molecule has 0 saturated heterocycles. The van der Waals surface area contributed by atoms with E-state index in [1.807, 2.05) is 0 Å². The molecule has 6 heteroatoms. The number of aromatic nitrogens is 1. The summed E-state index contributed by atoms with van der Waals surface area (Å²) in [5, 5.41) is 9.57. The lowest BCUT2D eigenvalue weighted by Crippen LogP contribution is -2.04. The zero-order chi connectivity index (χ0) is 13.3. The Morgan fingerprint density at radius 2 is 1.78 bits per heavy atom. The molecule has 2 rings (SSSR count).